The summed E-state index contributed by atoms with van der Waals surface area (Å²) in [6, 6.07) is 9.28. The Morgan fingerprint density at radius 1 is 1.25 bits per heavy atom. The summed E-state index contributed by atoms with van der Waals surface area (Å²) in [5, 5.41) is 0. The van der Waals surface area contributed by atoms with E-state index in [4.69, 9.17) is 11.2 Å². The number of carbonyl (C=O) groups is 2. The lowest BCUT2D eigenvalue weighted by molar-refractivity contribution is -0.161. The predicted molar refractivity (Wildman–Crippen MR) is 77.9 cm³/mol. The van der Waals surface area contributed by atoms with Gasteiger partial charge in [-0.15, -0.1) is 12.3 Å². The Morgan fingerprint density at radius 3 is 2.35 bits per heavy atom. The number of carbonyl (C=O) groups excluding carboxylic acids is 2. The lowest BCUT2D eigenvalue weighted by Crippen LogP contribution is -2.33. The molecular formula is C17H20O3. The van der Waals surface area contributed by atoms with Gasteiger partial charge in [0.15, 0.2) is 5.78 Å². The Balaban J connectivity index is 2.78. The lowest BCUT2D eigenvalue weighted by atomic mass is 9.95. The van der Waals surface area contributed by atoms with Gasteiger partial charge in [0.25, 0.3) is 0 Å². The molecule has 1 rings (SSSR count). The van der Waals surface area contributed by atoms with Gasteiger partial charge < -0.3 is 4.74 Å². The minimum Gasteiger partial charge on any atom is -0.459 e. The molecule has 0 saturated carbocycles. The topological polar surface area (TPSA) is 43.4 Å². The molecule has 20 heavy (non-hydrogen) atoms. The number of hydrogen-bond donors (Lipinski definition) is 0. The van der Waals surface area contributed by atoms with Crippen LogP contribution >= 0.6 is 0 Å². The van der Waals surface area contributed by atoms with E-state index < -0.39 is 17.5 Å². The first-order valence-electron chi connectivity index (χ1n) is 6.56. The number of ether oxygens (including phenoxy) is 1. The fourth-order valence-electron chi connectivity index (χ4n) is 1.74. The molecule has 0 saturated heterocycles. The lowest BCUT2D eigenvalue weighted by Gasteiger charge is -2.22. The number of Topliss-reactive ketones (excluding diaryl/α,β-unsaturated/α-hetero) is 1. The second kappa shape index (κ2) is 6.91. The monoisotopic (exact) mass is 272 g/mol. The Kier molecular flexibility index (Phi) is 5.52. The van der Waals surface area contributed by atoms with Crippen molar-refractivity contribution in [3.63, 3.8) is 0 Å². The van der Waals surface area contributed by atoms with E-state index in [1.807, 2.05) is 30.3 Å². The van der Waals surface area contributed by atoms with E-state index in [-0.39, 0.29) is 18.6 Å². The highest BCUT2D eigenvalue weighted by Crippen LogP contribution is 2.16. The molecule has 0 bridgehead atoms. The van der Waals surface area contributed by atoms with Gasteiger partial charge >= 0.3 is 5.97 Å². The highest BCUT2D eigenvalue weighted by molar-refractivity contribution is 6.00. The summed E-state index contributed by atoms with van der Waals surface area (Å²) >= 11 is 0. The van der Waals surface area contributed by atoms with Crippen LogP contribution in [-0.2, 0) is 20.7 Å². The zero-order valence-electron chi connectivity index (χ0n) is 12.2. The Labute approximate surface area is 120 Å². The second-order valence-corrected chi connectivity index (χ2v) is 5.62. The average molecular weight is 272 g/mol. The van der Waals surface area contributed by atoms with E-state index >= 15 is 0 Å². The predicted octanol–water partition coefficient (Wildman–Crippen LogP) is 2.78. The van der Waals surface area contributed by atoms with Crippen molar-refractivity contribution in [1.82, 2.24) is 0 Å². The number of benzene rings is 1. The smallest absolute Gasteiger partial charge is 0.317 e. The van der Waals surface area contributed by atoms with Crippen LogP contribution in [0.2, 0.25) is 0 Å². The number of terminal acetylenes is 1. The standard InChI is InChI=1S/C17H20O3/c1-5-9-14(16(19)20-17(2,3)4)15(18)12-13-10-7-6-8-11-13/h1,6-8,10-11,14H,9,12H2,2-4H3. The molecule has 1 atom stereocenters. The maximum absolute atomic E-state index is 12.2. The normalized spacial score (nSPS) is 12.3. The summed E-state index contributed by atoms with van der Waals surface area (Å²) in [6.07, 6.45) is 5.51. The summed E-state index contributed by atoms with van der Waals surface area (Å²) in [5.41, 5.74) is 0.236. The van der Waals surface area contributed by atoms with Crippen LogP contribution in [0.15, 0.2) is 30.3 Å². The molecule has 0 aliphatic rings. The quantitative estimate of drug-likeness (QED) is 0.470. The number of hydrogen-bond acceptors (Lipinski definition) is 3. The van der Waals surface area contributed by atoms with Crippen LogP contribution in [-0.4, -0.2) is 17.4 Å². The van der Waals surface area contributed by atoms with E-state index in [9.17, 15) is 9.59 Å². The second-order valence-electron chi connectivity index (χ2n) is 5.62. The minimum atomic E-state index is -0.889. The summed E-state index contributed by atoms with van der Waals surface area (Å²) in [7, 11) is 0. The van der Waals surface area contributed by atoms with Gasteiger partial charge in [-0.25, -0.2) is 0 Å². The van der Waals surface area contributed by atoms with Crippen LogP contribution in [0.5, 0.6) is 0 Å². The van der Waals surface area contributed by atoms with Crippen LogP contribution in [0.1, 0.15) is 32.8 Å². The van der Waals surface area contributed by atoms with Gasteiger partial charge in [0, 0.05) is 12.8 Å². The highest BCUT2D eigenvalue weighted by Gasteiger charge is 2.30. The molecule has 3 heteroatoms. The fourth-order valence-corrected chi connectivity index (χ4v) is 1.74. The van der Waals surface area contributed by atoms with Crippen LogP contribution in [0.3, 0.4) is 0 Å². The molecule has 0 N–H and O–H groups in total. The van der Waals surface area contributed by atoms with Crippen molar-refractivity contribution in [3.8, 4) is 12.3 Å². The van der Waals surface area contributed by atoms with Crippen molar-refractivity contribution in [3.05, 3.63) is 35.9 Å². The molecule has 1 aromatic rings. The van der Waals surface area contributed by atoms with Gasteiger partial charge in [-0.1, -0.05) is 30.3 Å². The first kappa shape index (κ1) is 16.0. The molecule has 1 unspecified atom stereocenters. The van der Waals surface area contributed by atoms with Gasteiger partial charge in [0.05, 0.1) is 0 Å². The maximum Gasteiger partial charge on any atom is 0.317 e. The van der Waals surface area contributed by atoms with Gasteiger partial charge in [-0.2, -0.15) is 0 Å². The molecule has 1 aromatic carbocycles. The van der Waals surface area contributed by atoms with Crippen molar-refractivity contribution < 1.29 is 14.3 Å². The molecule has 0 fully saturated rings. The molecule has 0 aliphatic carbocycles. The molecule has 106 valence electrons. The first-order chi connectivity index (χ1) is 9.33. The maximum atomic E-state index is 12.2. The van der Waals surface area contributed by atoms with E-state index in [1.54, 1.807) is 20.8 Å². The highest BCUT2D eigenvalue weighted by atomic mass is 16.6. The Morgan fingerprint density at radius 2 is 1.85 bits per heavy atom. The van der Waals surface area contributed by atoms with Gasteiger partial charge in [-0.05, 0) is 26.3 Å². The third kappa shape index (κ3) is 5.27. The van der Waals surface area contributed by atoms with Crippen molar-refractivity contribution >= 4 is 11.8 Å². The molecule has 0 aromatic heterocycles. The van der Waals surface area contributed by atoms with Crippen LogP contribution < -0.4 is 0 Å². The van der Waals surface area contributed by atoms with Gasteiger partial charge in [-0.3, -0.25) is 9.59 Å². The van der Waals surface area contributed by atoms with E-state index in [2.05, 4.69) is 5.92 Å². The van der Waals surface area contributed by atoms with Crippen LogP contribution in [0.4, 0.5) is 0 Å². The van der Waals surface area contributed by atoms with Crippen LogP contribution in [0.25, 0.3) is 0 Å². The Bertz CT molecular complexity index is 503. The molecule has 0 radical (unpaired) electrons. The SMILES string of the molecule is C#CCC(C(=O)Cc1ccccc1)C(=O)OC(C)(C)C. The summed E-state index contributed by atoms with van der Waals surface area (Å²) in [4.78, 5) is 24.3. The van der Waals surface area contributed by atoms with Gasteiger partial charge in [0.2, 0.25) is 0 Å². The van der Waals surface area contributed by atoms with Gasteiger partial charge in [0.1, 0.15) is 11.5 Å². The fraction of sp³-hybridized carbons (Fsp3) is 0.412. The van der Waals surface area contributed by atoms with Crippen molar-refractivity contribution in [2.24, 2.45) is 5.92 Å². The third-order valence-electron chi connectivity index (χ3n) is 2.62. The van der Waals surface area contributed by atoms with Crippen molar-refractivity contribution in [2.75, 3.05) is 0 Å². The minimum absolute atomic E-state index is 0.0700. The Hall–Kier alpha value is -2.08. The molecule has 0 aliphatic heterocycles. The summed E-state index contributed by atoms with van der Waals surface area (Å²) in [5.74, 6) is 0.740. The van der Waals surface area contributed by atoms with Crippen molar-refractivity contribution in [1.29, 1.82) is 0 Å². The largest absolute Gasteiger partial charge is 0.459 e. The van der Waals surface area contributed by atoms with Crippen molar-refractivity contribution in [2.45, 2.75) is 39.2 Å². The average Bonchev–Trinajstić information content (AvgIpc) is 2.34. The first-order valence-corrected chi connectivity index (χ1v) is 6.56. The summed E-state index contributed by atoms with van der Waals surface area (Å²) < 4.78 is 5.26. The number of ketones is 1. The molecule has 0 heterocycles. The van der Waals surface area contributed by atoms with E-state index in [0.29, 0.717) is 0 Å². The molecular weight excluding hydrogens is 252 g/mol. The van der Waals surface area contributed by atoms with Crippen LogP contribution in [0, 0.1) is 18.3 Å². The zero-order valence-corrected chi connectivity index (χ0v) is 12.2. The molecule has 0 spiro atoms. The number of rotatable bonds is 5. The summed E-state index contributed by atoms with van der Waals surface area (Å²) in [6.45, 7) is 5.29. The van der Waals surface area contributed by atoms with E-state index in [1.165, 1.54) is 0 Å². The molecule has 0 amide bonds. The third-order valence-corrected chi connectivity index (χ3v) is 2.62. The molecule has 3 nitrogen and oxygen atoms in total. The number of esters is 1. The zero-order chi connectivity index (χ0) is 15.2. The van der Waals surface area contributed by atoms with E-state index in [0.717, 1.165) is 5.56 Å².